The highest BCUT2D eigenvalue weighted by atomic mass is 35.5. The van der Waals surface area contributed by atoms with Crippen molar-refractivity contribution in [1.82, 2.24) is 15.5 Å². The van der Waals surface area contributed by atoms with Crippen molar-refractivity contribution < 1.29 is 18.0 Å². The number of benzene rings is 3. The van der Waals surface area contributed by atoms with Crippen LogP contribution in [0.5, 0.6) is 0 Å². The molecule has 3 N–H and O–H groups in total. The number of aryl methyl sites for hydroxylation is 1. The van der Waals surface area contributed by atoms with Crippen molar-refractivity contribution in [3.05, 3.63) is 101 Å². The summed E-state index contributed by atoms with van der Waals surface area (Å²) in [6.45, 7) is 2.98. The summed E-state index contributed by atoms with van der Waals surface area (Å²) in [6.07, 6.45) is 3.70. The van der Waals surface area contributed by atoms with Crippen LogP contribution in [0.2, 0.25) is 5.02 Å². The lowest BCUT2D eigenvalue weighted by Gasteiger charge is -2.38. The van der Waals surface area contributed by atoms with Crippen LogP contribution in [0.15, 0.2) is 72.8 Å². The fourth-order valence-corrected chi connectivity index (χ4v) is 7.21. The normalized spacial score (nSPS) is 21.8. The van der Waals surface area contributed by atoms with E-state index in [-0.39, 0.29) is 23.9 Å². The number of hydrogen-bond acceptors (Lipinski definition) is 6. The Labute approximate surface area is 257 Å². The van der Waals surface area contributed by atoms with Gasteiger partial charge in [-0.05, 0) is 66.6 Å². The largest absolute Gasteiger partial charge is 0.363 e. The number of halogens is 1. The molecule has 225 valence electrons. The van der Waals surface area contributed by atoms with Gasteiger partial charge >= 0.3 is 0 Å². The molecular weight excluding hydrogens is 586 g/mol. The van der Waals surface area contributed by atoms with Crippen LogP contribution in [-0.2, 0) is 32.5 Å². The summed E-state index contributed by atoms with van der Waals surface area (Å²) in [5.41, 5.74) is 4.38. The Morgan fingerprint density at radius 2 is 1.74 bits per heavy atom. The second-order valence-corrected chi connectivity index (χ2v) is 13.7. The maximum atomic E-state index is 14.1. The lowest BCUT2D eigenvalue weighted by molar-refractivity contribution is -0.138. The van der Waals surface area contributed by atoms with Gasteiger partial charge in [-0.25, -0.2) is 8.42 Å². The summed E-state index contributed by atoms with van der Waals surface area (Å²) >= 11 is 6.08. The fraction of sp³-hybridized carbons (Fsp3) is 0.344. The lowest BCUT2D eigenvalue weighted by Crippen LogP contribution is -2.56. The minimum Gasteiger partial charge on any atom is -0.363 e. The Morgan fingerprint density at radius 1 is 1.00 bits per heavy atom. The van der Waals surface area contributed by atoms with Crippen molar-refractivity contribution in [2.24, 2.45) is 0 Å². The molecule has 6 rings (SSSR count). The van der Waals surface area contributed by atoms with Gasteiger partial charge < -0.3 is 15.1 Å². The molecule has 0 aliphatic carbocycles. The minimum atomic E-state index is -3.45. The molecule has 3 aliphatic heterocycles. The van der Waals surface area contributed by atoms with Gasteiger partial charge in [-0.3, -0.25) is 19.6 Å². The van der Waals surface area contributed by atoms with Crippen molar-refractivity contribution in [2.75, 3.05) is 29.0 Å². The first-order valence-corrected chi connectivity index (χ1v) is 16.8. The second kappa shape index (κ2) is 12.2. The molecule has 3 aliphatic rings. The predicted octanol–water partition coefficient (Wildman–Crippen LogP) is 3.67. The molecule has 2 amide bonds. The van der Waals surface area contributed by atoms with Gasteiger partial charge in [0.2, 0.25) is 21.8 Å². The molecule has 0 aromatic heterocycles. The van der Waals surface area contributed by atoms with Crippen molar-refractivity contribution in [3.8, 4) is 0 Å². The number of carbonyl (C=O) groups excluding carboxylic acids is 2. The smallest absolute Gasteiger partial charge is 0.245 e. The average molecular weight is 621 g/mol. The first-order valence-electron chi connectivity index (χ1n) is 14.5. The standard InChI is InChI=1S/C32H35ClN5O4S/c1-43(41,42)36-27-8-4-5-9-29(27)37-19-25-18-24(37)20-38(25)32(40)28(15-12-21-10-13-23(33)14-11-21)35-31(39)30-26-7-3-2-6-22(26)16-17-34-30/h2-11,13-14,17,24-25,28,30,34,36H,12,15-16,18-20H2,1H3,(H,35,39)/t24?,25?,28-,30?/m1/s1. The Balaban J connectivity index is 1.19. The summed E-state index contributed by atoms with van der Waals surface area (Å²) in [6, 6.07) is 21.5. The molecule has 3 heterocycles. The Morgan fingerprint density at radius 3 is 2.49 bits per heavy atom. The van der Waals surface area contributed by atoms with Gasteiger partial charge in [0.1, 0.15) is 12.1 Å². The van der Waals surface area contributed by atoms with Crippen LogP contribution in [0.1, 0.15) is 35.6 Å². The fourth-order valence-electron chi connectivity index (χ4n) is 6.51. The van der Waals surface area contributed by atoms with Crippen LogP contribution < -0.4 is 20.3 Å². The van der Waals surface area contributed by atoms with Gasteiger partial charge in [-0.2, -0.15) is 0 Å². The van der Waals surface area contributed by atoms with E-state index in [9.17, 15) is 18.0 Å². The van der Waals surface area contributed by atoms with Gasteiger partial charge in [0.05, 0.1) is 23.7 Å². The quantitative estimate of drug-likeness (QED) is 0.337. The summed E-state index contributed by atoms with van der Waals surface area (Å²) < 4.78 is 26.6. The number of sulfonamides is 1. The third kappa shape index (κ3) is 6.51. The zero-order chi connectivity index (χ0) is 30.1. The first kappa shape index (κ1) is 29.5. The van der Waals surface area contributed by atoms with E-state index in [1.165, 1.54) is 0 Å². The van der Waals surface area contributed by atoms with Gasteiger partial charge in [0.15, 0.2) is 0 Å². The summed E-state index contributed by atoms with van der Waals surface area (Å²) in [4.78, 5) is 31.9. The summed E-state index contributed by atoms with van der Waals surface area (Å²) in [7, 11) is -3.45. The Hall–Kier alpha value is -3.60. The molecule has 11 heteroatoms. The monoisotopic (exact) mass is 620 g/mol. The molecule has 3 aromatic rings. The second-order valence-electron chi connectivity index (χ2n) is 11.5. The number of carbonyl (C=O) groups is 2. The first-order chi connectivity index (χ1) is 20.7. The van der Waals surface area contributed by atoms with Crippen molar-refractivity contribution in [2.45, 2.75) is 49.9 Å². The molecule has 0 spiro atoms. The maximum absolute atomic E-state index is 14.1. The highest BCUT2D eigenvalue weighted by Gasteiger charge is 2.47. The lowest BCUT2D eigenvalue weighted by atomic mass is 9.93. The third-order valence-corrected chi connectivity index (χ3v) is 9.36. The summed E-state index contributed by atoms with van der Waals surface area (Å²) in [5.74, 6) is -0.324. The number of anilines is 2. The SMILES string of the molecule is CS(=O)(=O)Nc1ccccc1N1CC2CC1CN2C(=O)[C@@H](CCc1ccc(Cl)cc1)NC(=O)C1N[CH]Cc2ccccc21. The molecule has 3 aromatic carbocycles. The van der Waals surface area contributed by atoms with Crippen LogP contribution in [0.4, 0.5) is 11.4 Å². The number of hydrogen-bond donors (Lipinski definition) is 3. The molecule has 3 unspecified atom stereocenters. The number of amides is 2. The zero-order valence-electron chi connectivity index (χ0n) is 23.9. The van der Waals surface area contributed by atoms with E-state index in [0.717, 1.165) is 41.5 Å². The molecule has 1 radical (unpaired) electrons. The highest BCUT2D eigenvalue weighted by Crippen LogP contribution is 2.38. The van der Waals surface area contributed by atoms with Crippen LogP contribution in [0.25, 0.3) is 0 Å². The van der Waals surface area contributed by atoms with Gasteiger partial charge in [0, 0.05) is 30.7 Å². The van der Waals surface area contributed by atoms with E-state index in [1.54, 1.807) is 12.1 Å². The van der Waals surface area contributed by atoms with Gasteiger partial charge in [0.25, 0.3) is 0 Å². The molecule has 0 saturated carbocycles. The van der Waals surface area contributed by atoms with E-state index >= 15 is 0 Å². The van der Waals surface area contributed by atoms with Gasteiger partial charge in [-0.15, -0.1) is 0 Å². The number of piperazine rings is 1. The third-order valence-electron chi connectivity index (χ3n) is 8.52. The molecule has 2 saturated heterocycles. The number of nitrogens with one attached hydrogen (secondary N) is 3. The van der Waals surface area contributed by atoms with Crippen LogP contribution in [-0.4, -0.2) is 62.6 Å². The molecule has 2 fully saturated rings. The van der Waals surface area contributed by atoms with Crippen LogP contribution >= 0.6 is 11.6 Å². The number of likely N-dealkylation sites (tertiary alicyclic amines) is 1. The number of fused-ring (bicyclic) bond motifs is 3. The molecular formula is C32H35ClN5O4S. The molecule has 2 bridgehead atoms. The molecule has 9 nitrogen and oxygen atoms in total. The van der Waals surface area contributed by atoms with E-state index in [1.807, 2.05) is 72.1 Å². The molecule has 4 atom stereocenters. The number of para-hydroxylation sites is 2. The Kier molecular flexibility index (Phi) is 8.35. The summed E-state index contributed by atoms with van der Waals surface area (Å²) in [5, 5.41) is 6.95. The van der Waals surface area contributed by atoms with E-state index in [0.29, 0.717) is 36.6 Å². The topological polar surface area (TPSA) is 111 Å². The van der Waals surface area contributed by atoms with Gasteiger partial charge in [-0.1, -0.05) is 60.1 Å². The highest BCUT2D eigenvalue weighted by molar-refractivity contribution is 7.92. The predicted molar refractivity (Wildman–Crippen MR) is 168 cm³/mol. The van der Waals surface area contributed by atoms with Crippen LogP contribution in [0, 0.1) is 6.54 Å². The number of nitrogens with zero attached hydrogens (tertiary/aromatic N) is 2. The van der Waals surface area contributed by atoms with Crippen molar-refractivity contribution in [1.29, 1.82) is 0 Å². The van der Waals surface area contributed by atoms with E-state index in [4.69, 9.17) is 11.6 Å². The zero-order valence-corrected chi connectivity index (χ0v) is 25.4. The van der Waals surface area contributed by atoms with Crippen molar-refractivity contribution >= 4 is 44.8 Å². The van der Waals surface area contributed by atoms with Crippen LogP contribution in [0.3, 0.4) is 0 Å². The van der Waals surface area contributed by atoms with Crippen molar-refractivity contribution in [3.63, 3.8) is 0 Å². The molecule has 43 heavy (non-hydrogen) atoms. The average Bonchev–Trinajstić information content (AvgIpc) is 3.60. The van der Waals surface area contributed by atoms with E-state index in [2.05, 4.69) is 20.3 Å². The van der Waals surface area contributed by atoms with E-state index < -0.39 is 22.1 Å². The minimum absolute atomic E-state index is 0.0411. The maximum Gasteiger partial charge on any atom is 0.245 e. The Bertz CT molecular complexity index is 1620. The number of rotatable bonds is 9.